The van der Waals surface area contributed by atoms with Crippen LogP contribution in [-0.2, 0) is 9.53 Å². The molecule has 0 saturated carbocycles. The van der Waals surface area contributed by atoms with E-state index < -0.39 is 23.3 Å². The van der Waals surface area contributed by atoms with Crippen LogP contribution in [0.2, 0.25) is 0 Å². The van der Waals surface area contributed by atoms with E-state index in [1.54, 1.807) is 12.1 Å². The zero-order valence-corrected chi connectivity index (χ0v) is 13.9. The van der Waals surface area contributed by atoms with Crippen LogP contribution in [0.1, 0.15) is 6.42 Å². The Morgan fingerprint density at radius 1 is 1.32 bits per heavy atom. The molecule has 8 heteroatoms. The number of carbonyl (C=O) groups excluding carboxylic acids is 1. The van der Waals surface area contributed by atoms with Gasteiger partial charge in [0.25, 0.3) is 0 Å². The minimum atomic E-state index is -1.50. The number of nitrogens with zero attached hydrogens (tertiary/aromatic N) is 4. The number of nitrogens with one attached hydrogen (secondary N) is 1. The number of nitriles is 4. The summed E-state index contributed by atoms with van der Waals surface area (Å²) in [6.07, 6.45) is 1.22. The van der Waals surface area contributed by atoms with Crippen LogP contribution >= 0.6 is 22.6 Å². The number of halogens is 1. The minimum Gasteiger partial charge on any atom is -0.461 e. The first-order chi connectivity index (χ1) is 10.5. The van der Waals surface area contributed by atoms with E-state index in [-0.39, 0.29) is 19.6 Å². The van der Waals surface area contributed by atoms with Crippen LogP contribution in [0.15, 0.2) is 12.7 Å². The van der Waals surface area contributed by atoms with E-state index in [0.29, 0.717) is 4.43 Å². The molecule has 0 spiro atoms. The van der Waals surface area contributed by atoms with E-state index in [4.69, 9.17) is 15.3 Å². The Kier molecular flexibility index (Phi) is 9.54. The lowest BCUT2D eigenvalue weighted by atomic mass is 9.75. The van der Waals surface area contributed by atoms with Crippen molar-refractivity contribution >= 4 is 28.6 Å². The quantitative estimate of drug-likeness (QED) is 0.198. The fraction of sp³-hybridized carbons (Fsp3) is 0.500. The predicted octanol–water partition coefficient (Wildman–Crippen LogP) is 1.20. The van der Waals surface area contributed by atoms with Gasteiger partial charge in [-0.1, -0.05) is 29.2 Å². The van der Waals surface area contributed by atoms with Gasteiger partial charge in [0, 0.05) is 17.0 Å². The third-order valence-corrected chi connectivity index (χ3v) is 3.45. The number of hydrogen-bond donors (Lipinski definition) is 1. The summed E-state index contributed by atoms with van der Waals surface area (Å²) >= 11 is 2.02. The number of hydrogen-bond acceptors (Lipinski definition) is 7. The summed E-state index contributed by atoms with van der Waals surface area (Å²) in [7, 11) is 0. The van der Waals surface area contributed by atoms with Gasteiger partial charge in [0.15, 0.2) is 11.3 Å². The Balaban J connectivity index is 5.15. The zero-order valence-electron chi connectivity index (χ0n) is 11.8. The second kappa shape index (κ2) is 10.6. The molecule has 7 nitrogen and oxygen atoms in total. The average molecular weight is 411 g/mol. The summed E-state index contributed by atoms with van der Waals surface area (Å²) in [6.45, 7) is 3.33. The fourth-order valence-electron chi connectivity index (χ4n) is 1.76. The highest BCUT2D eigenvalue weighted by Gasteiger charge is 2.44. The molecule has 1 atom stereocenters. The lowest BCUT2D eigenvalue weighted by molar-refractivity contribution is -0.137. The number of carbonyl (C=O) groups is 1. The van der Waals surface area contributed by atoms with Crippen molar-refractivity contribution in [1.82, 2.24) is 5.32 Å². The lowest BCUT2D eigenvalue weighted by Gasteiger charge is -2.30. The van der Waals surface area contributed by atoms with Crippen molar-refractivity contribution in [2.75, 3.05) is 17.6 Å². The van der Waals surface area contributed by atoms with Crippen LogP contribution in [0.4, 0.5) is 0 Å². The number of rotatable bonds is 9. The minimum absolute atomic E-state index is 0.0257. The maximum atomic E-state index is 10.9. The smallest absolute Gasteiger partial charge is 0.330 e. The molecular weight excluding hydrogens is 397 g/mol. The van der Waals surface area contributed by atoms with Crippen LogP contribution < -0.4 is 5.32 Å². The monoisotopic (exact) mass is 411 g/mol. The molecule has 0 saturated heterocycles. The first-order valence-electron chi connectivity index (χ1n) is 6.25. The summed E-state index contributed by atoms with van der Waals surface area (Å²) < 4.78 is 5.30. The first-order valence-corrected chi connectivity index (χ1v) is 7.78. The van der Waals surface area contributed by atoms with Crippen molar-refractivity contribution in [2.24, 2.45) is 11.3 Å². The van der Waals surface area contributed by atoms with Gasteiger partial charge >= 0.3 is 5.97 Å². The molecule has 114 valence electrons. The number of esters is 1. The SMILES string of the molecule is C=CC(=O)OCCNC(C(C#N)C#N)C(C#N)(C#N)CCI. The summed E-state index contributed by atoms with van der Waals surface area (Å²) in [5.74, 6) is -1.77. The molecule has 0 aliphatic rings. The molecule has 1 N–H and O–H groups in total. The highest BCUT2D eigenvalue weighted by molar-refractivity contribution is 14.1. The molecule has 0 fully saturated rings. The van der Waals surface area contributed by atoms with Crippen molar-refractivity contribution in [2.45, 2.75) is 12.5 Å². The Hall–Kier alpha value is -2.14. The van der Waals surface area contributed by atoms with E-state index in [1.807, 2.05) is 34.7 Å². The normalized spacial score (nSPS) is 11.4. The van der Waals surface area contributed by atoms with Crippen LogP contribution in [-0.4, -0.2) is 29.6 Å². The number of alkyl halides is 1. The molecule has 0 aromatic rings. The van der Waals surface area contributed by atoms with Crippen molar-refractivity contribution in [1.29, 1.82) is 21.0 Å². The van der Waals surface area contributed by atoms with Gasteiger partial charge in [-0.3, -0.25) is 0 Å². The van der Waals surface area contributed by atoms with E-state index in [1.165, 1.54) is 0 Å². The molecule has 0 aromatic carbocycles. The van der Waals surface area contributed by atoms with E-state index in [9.17, 15) is 15.3 Å². The lowest BCUT2D eigenvalue weighted by Crippen LogP contribution is -2.49. The van der Waals surface area contributed by atoms with Gasteiger partial charge < -0.3 is 10.1 Å². The second-order valence-electron chi connectivity index (χ2n) is 4.17. The van der Waals surface area contributed by atoms with Crippen LogP contribution in [0.25, 0.3) is 0 Å². The Morgan fingerprint density at radius 2 is 1.91 bits per heavy atom. The van der Waals surface area contributed by atoms with Crippen molar-refractivity contribution < 1.29 is 9.53 Å². The van der Waals surface area contributed by atoms with Crippen LogP contribution in [0, 0.1) is 56.7 Å². The topological polar surface area (TPSA) is 133 Å². The first kappa shape index (κ1) is 19.9. The third kappa shape index (κ3) is 5.33. The maximum absolute atomic E-state index is 10.9. The second-order valence-corrected chi connectivity index (χ2v) is 5.25. The molecule has 22 heavy (non-hydrogen) atoms. The molecule has 0 aliphatic carbocycles. The van der Waals surface area contributed by atoms with Gasteiger partial charge in [-0.2, -0.15) is 21.0 Å². The van der Waals surface area contributed by atoms with Crippen molar-refractivity contribution in [3.05, 3.63) is 12.7 Å². The molecule has 0 radical (unpaired) electrons. The van der Waals surface area contributed by atoms with Crippen molar-refractivity contribution in [3.63, 3.8) is 0 Å². The Morgan fingerprint density at radius 3 is 2.32 bits per heavy atom. The highest BCUT2D eigenvalue weighted by atomic mass is 127. The average Bonchev–Trinajstić information content (AvgIpc) is 2.55. The van der Waals surface area contributed by atoms with E-state index in [2.05, 4.69) is 11.9 Å². The summed E-state index contributed by atoms with van der Waals surface area (Å²) in [5, 5.41) is 39.7. The van der Waals surface area contributed by atoms with Gasteiger partial charge in [0.2, 0.25) is 0 Å². The van der Waals surface area contributed by atoms with Gasteiger partial charge in [-0.15, -0.1) is 0 Å². The molecule has 0 bridgehead atoms. The van der Waals surface area contributed by atoms with Gasteiger partial charge in [-0.25, -0.2) is 4.79 Å². The fourth-order valence-corrected chi connectivity index (χ4v) is 2.61. The molecule has 1 unspecified atom stereocenters. The molecule has 0 amide bonds. The molecule has 0 heterocycles. The van der Waals surface area contributed by atoms with Gasteiger partial charge in [0.05, 0.1) is 30.3 Å². The highest BCUT2D eigenvalue weighted by Crippen LogP contribution is 2.30. The van der Waals surface area contributed by atoms with Crippen LogP contribution in [0.3, 0.4) is 0 Å². The zero-order chi connectivity index (χ0) is 17.0. The van der Waals surface area contributed by atoms with Gasteiger partial charge in [-0.05, 0) is 6.42 Å². The summed E-state index contributed by atoms with van der Waals surface area (Å²) in [5.41, 5.74) is -1.50. The Labute approximate surface area is 142 Å². The molecule has 0 rings (SSSR count). The largest absolute Gasteiger partial charge is 0.461 e. The van der Waals surface area contributed by atoms with Crippen molar-refractivity contribution in [3.8, 4) is 24.3 Å². The number of ether oxygens (including phenoxy) is 1. The summed E-state index contributed by atoms with van der Waals surface area (Å²) in [4.78, 5) is 10.9. The van der Waals surface area contributed by atoms with Crippen LogP contribution in [0.5, 0.6) is 0 Å². The van der Waals surface area contributed by atoms with E-state index >= 15 is 0 Å². The predicted molar refractivity (Wildman–Crippen MR) is 84.8 cm³/mol. The maximum Gasteiger partial charge on any atom is 0.330 e. The summed E-state index contributed by atoms with van der Waals surface area (Å²) in [6, 6.07) is 6.47. The van der Waals surface area contributed by atoms with E-state index in [0.717, 1.165) is 6.08 Å². The van der Waals surface area contributed by atoms with Gasteiger partial charge in [0.1, 0.15) is 6.61 Å². The molecule has 0 aliphatic heterocycles. The third-order valence-electron chi connectivity index (χ3n) is 2.91. The molecule has 0 aromatic heterocycles. The molecular formula is C14H14IN5O2. The Bertz CT molecular complexity index is 536. The standard InChI is InChI=1S/C14H14IN5O2/c1-2-12(21)22-6-5-20-13(11(7-16)8-17)14(9-18,10-19)3-4-15/h2,11,13,20H,1,3-6H2.